The Morgan fingerprint density at radius 3 is 2.33 bits per heavy atom. The van der Waals surface area contributed by atoms with Gasteiger partial charge in [-0.05, 0) is 42.2 Å². The molecule has 2 N–H and O–H groups in total. The van der Waals surface area contributed by atoms with E-state index in [1.54, 1.807) is 0 Å². The number of thiocarbonyl (C=S) groups is 1. The zero-order valence-electron chi connectivity index (χ0n) is 12.9. The van der Waals surface area contributed by atoms with Crippen LogP contribution in [0.3, 0.4) is 0 Å². The normalized spacial score (nSPS) is 11.2. The van der Waals surface area contributed by atoms with Crippen LogP contribution in [-0.2, 0) is 5.41 Å². The van der Waals surface area contributed by atoms with Crippen LogP contribution in [0, 0.1) is 6.92 Å². The third-order valence-corrected chi connectivity index (χ3v) is 3.61. The molecule has 21 heavy (non-hydrogen) atoms. The summed E-state index contributed by atoms with van der Waals surface area (Å²) in [6, 6.07) is 13.9. The first-order valence-corrected chi connectivity index (χ1v) is 7.37. The van der Waals surface area contributed by atoms with Crippen molar-refractivity contribution in [3.63, 3.8) is 0 Å². The Labute approximate surface area is 131 Å². The molecule has 0 aliphatic heterocycles. The Bertz CT molecular complexity index is 671. The molecule has 0 spiro atoms. The summed E-state index contributed by atoms with van der Waals surface area (Å²) in [7, 11) is 0. The third-order valence-electron chi connectivity index (χ3n) is 3.39. The summed E-state index contributed by atoms with van der Waals surface area (Å²) in [5.41, 5.74) is 8.81. The Balaban J connectivity index is 2.35. The molecule has 0 atom stereocenters. The van der Waals surface area contributed by atoms with Gasteiger partial charge in [0, 0.05) is 11.1 Å². The van der Waals surface area contributed by atoms with E-state index >= 15 is 0 Å². The molecule has 0 bridgehead atoms. The van der Waals surface area contributed by atoms with E-state index in [9.17, 15) is 0 Å². The molecule has 0 aliphatic rings. The highest BCUT2D eigenvalue weighted by atomic mass is 32.1. The lowest BCUT2D eigenvalue weighted by Crippen LogP contribution is -2.12. The standard InChI is InChI=1S/C18H21NOS/c1-12-11-13(9-10-14(12)17(19)21)20-16-8-6-5-7-15(16)18(2,3)4/h5-11H,1-4H3,(H2,19,21). The zero-order chi connectivity index (χ0) is 15.6. The van der Waals surface area contributed by atoms with Crippen LogP contribution in [0.5, 0.6) is 11.5 Å². The van der Waals surface area contributed by atoms with Crippen molar-refractivity contribution in [3.8, 4) is 11.5 Å². The summed E-state index contributed by atoms with van der Waals surface area (Å²) >= 11 is 5.03. The number of aryl methyl sites for hydroxylation is 1. The maximum absolute atomic E-state index is 6.07. The van der Waals surface area contributed by atoms with E-state index in [1.165, 1.54) is 5.56 Å². The molecule has 0 unspecified atom stereocenters. The lowest BCUT2D eigenvalue weighted by Gasteiger charge is -2.22. The second-order valence-corrected chi connectivity index (χ2v) is 6.63. The first-order valence-electron chi connectivity index (χ1n) is 6.97. The molecule has 0 saturated carbocycles. The van der Waals surface area contributed by atoms with Crippen molar-refractivity contribution in [3.05, 3.63) is 59.2 Å². The maximum atomic E-state index is 6.07. The second kappa shape index (κ2) is 5.86. The highest BCUT2D eigenvalue weighted by molar-refractivity contribution is 7.80. The summed E-state index contributed by atoms with van der Waals surface area (Å²) in [6.07, 6.45) is 0. The molecule has 2 aromatic carbocycles. The van der Waals surface area contributed by atoms with Crippen molar-refractivity contribution < 1.29 is 4.74 Å². The fourth-order valence-corrected chi connectivity index (χ4v) is 2.51. The Hall–Kier alpha value is -1.87. The monoisotopic (exact) mass is 299 g/mol. The van der Waals surface area contributed by atoms with Crippen molar-refractivity contribution in [1.29, 1.82) is 0 Å². The van der Waals surface area contributed by atoms with Crippen molar-refractivity contribution in [2.75, 3.05) is 0 Å². The van der Waals surface area contributed by atoms with E-state index < -0.39 is 0 Å². The molecular formula is C18H21NOS. The zero-order valence-corrected chi connectivity index (χ0v) is 13.8. The van der Waals surface area contributed by atoms with Crippen molar-refractivity contribution in [2.24, 2.45) is 5.73 Å². The minimum Gasteiger partial charge on any atom is -0.457 e. The average molecular weight is 299 g/mol. The predicted molar refractivity (Wildman–Crippen MR) is 92.3 cm³/mol. The number of benzene rings is 2. The number of rotatable bonds is 3. The summed E-state index contributed by atoms with van der Waals surface area (Å²) < 4.78 is 6.07. The number of nitrogens with two attached hydrogens (primary N) is 1. The van der Waals surface area contributed by atoms with Gasteiger partial charge >= 0.3 is 0 Å². The predicted octanol–water partition coefficient (Wildman–Crippen LogP) is 4.72. The molecule has 0 heterocycles. The maximum Gasteiger partial charge on any atom is 0.131 e. The number of para-hydroxylation sites is 1. The van der Waals surface area contributed by atoms with Gasteiger partial charge in [0.05, 0.1) is 0 Å². The van der Waals surface area contributed by atoms with E-state index in [-0.39, 0.29) is 5.41 Å². The molecule has 0 aliphatic carbocycles. The first-order chi connectivity index (χ1) is 9.79. The van der Waals surface area contributed by atoms with Crippen LogP contribution < -0.4 is 10.5 Å². The van der Waals surface area contributed by atoms with Crippen LogP contribution in [0.15, 0.2) is 42.5 Å². The van der Waals surface area contributed by atoms with Gasteiger partial charge in [0.15, 0.2) is 0 Å². The van der Waals surface area contributed by atoms with Gasteiger partial charge < -0.3 is 10.5 Å². The second-order valence-electron chi connectivity index (χ2n) is 6.19. The van der Waals surface area contributed by atoms with Crippen molar-refractivity contribution in [2.45, 2.75) is 33.1 Å². The van der Waals surface area contributed by atoms with E-state index in [2.05, 4.69) is 26.8 Å². The fourth-order valence-electron chi connectivity index (χ4n) is 2.28. The third kappa shape index (κ3) is 3.61. The Morgan fingerprint density at radius 1 is 1.10 bits per heavy atom. The van der Waals surface area contributed by atoms with Crippen LogP contribution in [-0.4, -0.2) is 4.99 Å². The van der Waals surface area contributed by atoms with Crippen LogP contribution in [0.2, 0.25) is 0 Å². The molecule has 0 aromatic heterocycles. The summed E-state index contributed by atoms with van der Waals surface area (Å²) in [4.78, 5) is 0.411. The van der Waals surface area contributed by atoms with Crippen LogP contribution in [0.4, 0.5) is 0 Å². The number of hydrogen-bond acceptors (Lipinski definition) is 2. The first kappa shape index (κ1) is 15.5. The van der Waals surface area contributed by atoms with Gasteiger partial charge in [-0.3, -0.25) is 0 Å². The summed E-state index contributed by atoms with van der Waals surface area (Å²) in [5.74, 6) is 1.68. The van der Waals surface area contributed by atoms with Crippen molar-refractivity contribution in [1.82, 2.24) is 0 Å². The van der Waals surface area contributed by atoms with Crippen LogP contribution in [0.25, 0.3) is 0 Å². The molecule has 0 saturated heterocycles. The lowest BCUT2D eigenvalue weighted by atomic mass is 9.86. The Morgan fingerprint density at radius 2 is 1.76 bits per heavy atom. The smallest absolute Gasteiger partial charge is 0.131 e. The van der Waals surface area contributed by atoms with Gasteiger partial charge in [-0.1, -0.05) is 51.2 Å². The average Bonchev–Trinajstić information content (AvgIpc) is 2.37. The van der Waals surface area contributed by atoms with Gasteiger partial charge in [-0.2, -0.15) is 0 Å². The fraction of sp³-hybridized carbons (Fsp3) is 0.278. The Kier molecular flexibility index (Phi) is 4.33. The quantitative estimate of drug-likeness (QED) is 0.833. The highest BCUT2D eigenvalue weighted by Gasteiger charge is 2.18. The van der Waals surface area contributed by atoms with Crippen molar-refractivity contribution >= 4 is 17.2 Å². The lowest BCUT2D eigenvalue weighted by molar-refractivity contribution is 0.455. The highest BCUT2D eigenvalue weighted by Crippen LogP contribution is 2.34. The topological polar surface area (TPSA) is 35.2 Å². The van der Waals surface area contributed by atoms with E-state index in [0.29, 0.717) is 4.99 Å². The molecule has 0 amide bonds. The summed E-state index contributed by atoms with van der Waals surface area (Å²) in [6.45, 7) is 8.51. The molecule has 2 nitrogen and oxygen atoms in total. The van der Waals surface area contributed by atoms with Crippen LogP contribution in [0.1, 0.15) is 37.5 Å². The molecule has 0 radical (unpaired) electrons. The molecule has 2 rings (SSSR count). The minimum absolute atomic E-state index is 0.0321. The van der Waals surface area contributed by atoms with Gasteiger partial charge in [-0.25, -0.2) is 0 Å². The van der Waals surface area contributed by atoms with Gasteiger partial charge in [0.2, 0.25) is 0 Å². The van der Waals surface area contributed by atoms with Gasteiger partial charge in [0.1, 0.15) is 16.5 Å². The molecule has 2 aromatic rings. The minimum atomic E-state index is 0.0321. The van der Waals surface area contributed by atoms with Crippen LogP contribution >= 0.6 is 12.2 Å². The SMILES string of the molecule is Cc1cc(Oc2ccccc2C(C)(C)C)ccc1C(N)=S. The molecular weight excluding hydrogens is 278 g/mol. The van der Waals surface area contributed by atoms with E-state index in [0.717, 1.165) is 22.6 Å². The van der Waals surface area contributed by atoms with E-state index in [4.69, 9.17) is 22.7 Å². The molecule has 110 valence electrons. The number of ether oxygens (including phenoxy) is 1. The van der Waals surface area contributed by atoms with Gasteiger partial charge in [0.25, 0.3) is 0 Å². The summed E-state index contributed by atoms with van der Waals surface area (Å²) in [5, 5.41) is 0. The molecule has 0 fully saturated rings. The molecule has 3 heteroatoms. The van der Waals surface area contributed by atoms with E-state index in [1.807, 2.05) is 43.3 Å². The largest absolute Gasteiger partial charge is 0.457 e. The number of hydrogen-bond donors (Lipinski definition) is 1. The van der Waals surface area contributed by atoms with Gasteiger partial charge in [-0.15, -0.1) is 0 Å².